The second kappa shape index (κ2) is 12.0. The molecule has 0 fully saturated rings. The van der Waals surface area contributed by atoms with Crippen molar-refractivity contribution in [2.24, 2.45) is 5.73 Å². The van der Waals surface area contributed by atoms with Gasteiger partial charge in [-0.1, -0.05) is 12.1 Å². The lowest BCUT2D eigenvalue weighted by atomic mass is 10.1. The molecule has 0 aliphatic carbocycles. The summed E-state index contributed by atoms with van der Waals surface area (Å²) in [6.07, 6.45) is 0. The van der Waals surface area contributed by atoms with Gasteiger partial charge >= 0.3 is 11.9 Å². The molecule has 11 nitrogen and oxygen atoms in total. The van der Waals surface area contributed by atoms with E-state index in [1.807, 2.05) is 0 Å². The van der Waals surface area contributed by atoms with E-state index >= 15 is 0 Å². The van der Waals surface area contributed by atoms with E-state index in [4.69, 9.17) is 20.6 Å². The number of carbonyl (C=O) groups excluding carboxylic acids is 4. The molecule has 11 heteroatoms. The summed E-state index contributed by atoms with van der Waals surface area (Å²) in [5.74, 6) is -2.06. The minimum atomic E-state index is -0.656. The van der Waals surface area contributed by atoms with Gasteiger partial charge in [0.2, 0.25) is 0 Å². The van der Waals surface area contributed by atoms with Crippen LogP contribution in [0.5, 0.6) is 11.5 Å². The standard InChI is InChI=1S/C23H25N3O8/c1-26(23(30)15-6-4-14(5-7-15)22(24)25)11-17(27)16-8-9-18(33-12-20(28)31-2)19(10-16)34-13-21(29)32-3/h4-10H,11-13H2,1-3H3,(H3,24,25). The fraction of sp³-hybridized carbons (Fsp3) is 0.261. The maximum absolute atomic E-state index is 12.8. The number of nitrogen functional groups attached to an aromatic ring is 1. The number of Topliss-reactive ketones (excluding diaryl/α,β-unsaturated/α-hetero) is 1. The Kier molecular flexibility index (Phi) is 9.12. The second-order valence-corrected chi connectivity index (χ2v) is 6.97. The number of nitrogens with one attached hydrogen (secondary N) is 1. The number of esters is 2. The molecule has 0 atom stereocenters. The number of ketones is 1. The number of benzene rings is 2. The molecule has 1 amide bonds. The van der Waals surface area contributed by atoms with Crippen molar-refractivity contribution >= 4 is 29.5 Å². The van der Waals surface area contributed by atoms with Crippen LogP contribution in [0.15, 0.2) is 42.5 Å². The molecule has 2 aromatic rings. The molecule has 34 heavy (non-hydrogen) atoms. The second-order valence-electron chi connectivity index (χ2n) is 6.97. The Morgan fingerprint density at radius 1 is 0.824 bits per heavy atom. The number of hydrogen-bond donors (Lipinski definition) is 2. The summed E-state index contributed by atoms with van der Waals surface area (Å²) in [7, 11) is 3.88. The first kappa shape index (κ1) is 25.8. The van der Waals surface area contributed by atoms with E-state index in [9.17, 15) is 19.2 Å². The molecular formula is C23H25N3O8. The molecule has 0 saturated heterocycles. The summed E-state index contributed by atoms with van der Waals surface area (Å²) < 4.78 is 19.8. The van der Waals surface area contributed by atoms with Gasteiger partial charge in [-0.25, -0.2) is 9.59 Å². The van der Waals surface area contributed by atoms with Crippen LogP contribution in [-0.2, 0) is 19.1 Å². The van der Waals surface area contributed by atoms with Crippen LogP contribution in [-0.4, -0.2) is 75.4 Å². The molecule has 0 heterocycles. The summed E-state index contributed by atoms with van der Waals surface area (Å²) >= 11 is 0. The lowest BCUT2D eigenvalue weighted by Gasteiger charge is -2.17. The number of methoxy groups -OCH3 is 2. The van der Waals surface area contributed by atoms with Crippen LogP contribution in [0, 0.1) is 5.41 Å². The molecule has 0 spiro atoms. The zero-order valence-electron chi connectivity index (χ0n) is 19.0. The largest absolute Gasteiger partial charge is 0.478 e. The number of carbonyl (C=O) groups is 4. The van der Waals surface area contributed by atoms with Gasteiger partial charge in [0.25, 0.3) is 5.91 Å². The van der Waals surface area contributed by atoms with Crippen molar-refractivity contribution in [3.05, 3.63) is 59.2 Å². The van der Waals surface area contributed by atoms with Crippen LogP contribution in [0.25, 0.3) is 0 Å². The van der Waals surface area contributed by atoms with Crippen LogP contribution < -0.4 is 15.2 Å². The van der Waals surface area contributed by atoms with Crippen LogP contribution in [0.1, 0.15) is 26.3 Å². The Bertz CT molecular complexity index is 1080. The molecule has 0 unspecified atom stereocenters. The van der Waals surface area contributed by atoms with Crippen molar-refractivity contribution in [1.82, 2.24) is 4.90 Å². The Morgan fingerprint density at radius 3 is 1.85 bits per heavy atom. The lowest BCUT2D eigenvalue weighted by molar-refractivity contribution is -0.144. The number of ether oxygens (including phenoxy) is 4. The summed E-state index contributed by atoms with van der Waals surface area (Å²) in [5, 5.41) is 7.41. The number of rotatable bonds is 11. The first-order chi connectivity index (χ1) is 16.2. The minimum absolute atomic E-state index is 0.0361. The van der Waals surface area contributed by atoms with Gasteiger partial charge in [-0.2, -0.15) is 0 Å². The van der Waals surface area contributed by atoms with E-state index in [1.54, 1.807) is 12.1 Å². The molecule has 0 aliphatic rings. The molecule has 0 aliphatic heterocycles. The highest BCUT2D eigenvalue weighted by molar-refractivity contribution is 6.03. The third kappa shape index (κ3) is 7.05. The summed E-state index contributed by atoms with van der Waals surface area (Å²) in [6.45, 7) is -1.10. The number of nitrogens with two attached hydrogens (primary N) is 1. The molecule has 180 valence electrons. The molecule has 0 aromatic heterocycles. The number of nitrogens with zero attached hydrogens (tertiary/aromatic N) is 1. The third-order valence-corrected chi connectivity index (χ3v) is 4.58. The van der Waals surface area contributed by atoms with Crippen molar-refractivity contribution in [3.63, 3.8) is 0 Å². The Balaban J connectivity index is 2.16. The molecule has 0 bridgehead atoms. The number of likely N-dealkylation sites (N-methyl/N-ethyl adjacent to an activating group) is 1. The van der Waals surface area contributed by atoms with Crippen LogP contribution >= 0.6 is 0 Å². The van der Waals surface area contributed by atoms with Gasteiger partial charge in [0, 0.05) is 23.7 Å². The fourth-order valence-corrected chi connectivity index (χ4v) is 2.70. The quantitative estimate of drug-likeness (QED) is 0.211. The smallest absolute Gasteiger partial charge is 0.343 e. The predicted molar refractivity (Wildman–Crippen MR) is 120 cm³/mol. The van der Waals surface area contributed by atoms with Gasteiger partial charge < -0.3 is 29.6 Å². The summed E-state index contributed by atoms with van der Waals surface area (Å²) in [5.41, 5.74) is 6.41. The first-order valence-electron chi connectivity index (χ1n) is 9.92. The molecule has 0 saturated carbocycles. The zero-order chi connectivity index (χ0) is 25.3. The van der Waals surface area contributed by atoms with E-state index < -0.39 is 36.8 Å². The van der Waals surface area contributed by atoms with E-state index in [0.717, 1.165) is 0 Å². The number of hydrogen-bond acceptors (Lipinski definition) is 9. The highest BCUT2D eigenvalue weighted by Crippen LogP contribution is 2.29. The Labute approximate surface area is 195 Å². The van der Waals surface area contributed by atoms with Crippen molar-refractivity contribution in [1.29, 1.82) is 5.41 Å². The van der Waals surface area contributed by atoms with Gasteiger partial charge in [0.05, 0.1) is 20.8 Å². The predicted octanol–water partition coefficient (Wildman–Crippen LogP) is 1.03. The van der Waals surface area contributed by atoms with Crippen LogP contribution in [0.2, 0.25) is 0 Å². The number of amides is 1. The molecule has 0 radical (unpaired) electrons. The van der Waals surface area contributed by atoms with E-state index in [0.29, 0.717) is 11.1 Å². The monoisotopic (exact) mass is 471 g/mol. The molecular weight excluding hydrogens is 446 g/mol. The van der Waals surface area contributed by atoms with Crippen molar-refractivity contribution in [2.45, 2.75) is 0 Å². The molecule has 2 rings (SSSR count). The SMILES string of the molecule is COC(=O)COc1ccc(C(=O)CN(C)C(=O)c2ccc(C(=N)N)cc2)cc1OCC(=O)OC. The van der Waals surface area contributed by atoms with Crippen molar-refractivity contribution in [2.75, 3.05) is 41.0 Å². The number of amidine groups is 1. The fourth-order valence-electron chi connectivity index (χ4n) is 2.70. The normalized spacial score (nSPS) is 10.1. The Hall–Kier alpha value is -4.41. The van der Waals surface area contributed by atoms with Crippen LogP contribution in [0.3, 0.4) is 0 Å². The molecule has 2 aromatic carbocycles. The lowest BCUT2D eigenvalue weighted by Crippen LogP contribution is -2.32. The first-order valence-corrected chi connectivity index (χ1v) is 9.92. The topological polar surface area (TPSA) is 158 Å². The van der Waals surface area contributed by atoms with Crippen molar-refractivity contribution < 1.29 is 38.1 Å². The van der Waals surface area contributed by atoms with Gasteiger partial charge in [0.1, 0.15) is 5.84 Å². The Morgan fingerprint density at radius 2 is 1.32 bits per heavy atom. The van der Waals surface area contributed by atoms with E-state index in [-0.39, 0.29) is 29.4 Å². The average molecular weight is 471 g/mol. The zero-order valence-corrected chi connectivity index (χ0v) is 19.0. The van der Waals surface area contributed by atoms with E-state index in [1.165, 1.54) is 56.5 Å². The highest BCUT2D eigenvalue weighted by Gasteiger charge is 2.19. The highest BCUT2D eigenvalue weighted by atomic mass is 16.6. The summed E-state index contributed by atoms with van der Waals surface area (Å²) in [4.78, 5) is 49.5. The summed E-state index contributed by atoms with van der Waals surface area (Å²) in [6, 6.07) is 10.3. The van der Waals surface area contributed by atoms with Gasteiger partial charge in [0.15, 0.2) is 30.5 Å². The maximum Gasteiger partial charge on any atom is 0.343 e. The minimum Gasteiger partial charge on any atom is -0.478 e. The third-order valence-electron chi connectivity index (χ3n) is 4.58. The van der Waals surface area contributed by atoms with Gasteiger partial charge in [-0.15, -0.1) is 0 Å². The van der Waals surface area contributed by atoms with E-state index in [2.05, 4.69) is 9.47 Å². The van der Waals surface area contributed by atoms with Crippen molar-refractivity contribution in [3.8, 4) is 11.5 Å². The molecule has 3 N–H and O–H groups in total. The average Bonchev–Trinajstić information content (AvgIpc) is 2.85. The van der Waals surface area contributed by atoms with Crippen LogP contribution in [0.4, 0.5) is 0 Å². The van der Waals surface area contributed by atoms with Gasteiger partial charge in [-0.3, -0.25) is 15.0 Å². The maximum atomic E-state index is 12.8. The van der Waals surface area contributed by atoms with Gasteiger partial charge in [-0.05, 0) is 30.3 Å².